The molecule has 1 aromatic heterocycles. The molecule has 18 heavy (non-hydrogen) atoms. The number of hydrogen-bond donors (Lipinski definition) is 1. The number of carbonyl (C=O) groups is 1. The monoisotopic (exact) mass is 247 g/mol. The molecule has 0 saturated carbocycles. The van der Waals surface area contributed by atoms with Gasteiger partial charge in [0, 0.05) is 11.6 Å². The van der Waals surface area contributed by atoms with Gasteiger partial charge in [0.05, 0.1) is 12.1 Å². The molecule has 2 aromatic rings. The quantitative estimate of drug-likeness (QED) is 0.876. The second kappa shape index (κ2) is 5.35. The van der Waals surface area contributed by atoms with Crippen LogP contribution in [0.25, 0.3) is 0 Å². The van der Waals surface area contributed by atoms with Gasteiger partial charge in [0.1, 0.15) is 12.4 Å². The third-order valence-electron chi connectivity index (χ3n) is 2.36. The van der Waals surface area contributed by atoms with E-state index < -0.39 is 5.97 Å². The molecule has 0 bridgehead atoms. The van der Waals surface area contributed by atoms with Crippen molar-refractivity contribution in [3.8, 4) is 5.75 Å². The lowest BCUT2D eigenvalue weighted by Crippen LogP contribution is -2.03. The molecule has 0 aliphatic rings. The van der Waals surface area contributed by atoms with Crippen molar-refractivity contribution in [3.63, 3.8) is 0 Å². The summed E-state index contributed by atoms with van der Waals surface area (Å²) in [4.78, 5) is 10.7. The van der Waals surface area contributed by atoms with Crippen LogP contribution < -0.4 is 4.74 Å². The summed E-state index contributed by atoms with van der Waals surface area (Å²) in [5.74, 6) is 0.271. The van der Waals surface area contributed by atoms with Gasteiger partial charge >= 0.3 is 5.97 Å². The maximum Gasteiger partial charge on any atom is 0.307 e. The molecule has 1 N–H and O–H groups in total. The zero-order valence-corrected chi connectivity index (χ0v) is 9.92. The van der Waals surface area contributed by atoms with Crippen LogP contribution in [0.1, 0.15) is 17.0 Å². The molecule has 0 radical (unpaired) electrons. The van der Waals surface area contributed by atoms with Crippen molar-refractivity contribution in [2.75, 3.05) is 0 Å². The maximum atomic E-state index is 10.7. The summed E-state index contributed by atoms with van der Waals surface area (Å²) in [6.45, 7) is 2.06. The number of carboxylic acids is 1. The Kier molecular flexibility index (Phi) is 3.62. The molecular formula is C13H13NO4. The van der Waals surface area contributed by atoms with Crippen LogP contribution in [0.4, 0.5) is 0 Å². The molecule has 1 heterocycles. The number of aryl methyl sites for hydroxylation is 1. The summed E-state index contributed by atoms with van der Waals surface area (Å²) >= 11 is 0. The minimum absolute atomic E-state index is 0.0639. The summed E-state index contributed by atoms with van der Waals surface area (Å²) < 4.78 is 10.6. The Morgan fingerprint density at radius 3 is 2.89 bits per heavy atom. The SMILES string of the molecule is Cc1cc(COc2ccccc2CC(=O)O)on1. The second-order valence-electron chi connectivity index (χ2n) is 3.90. The molecule has 0 spiro atoms. The molecule has 0 unspecified atom stereocenters. The van der Waals surface area contributed by atoms with Crippen molar-refractivity contribution in [3.05, 3.63) is 47.3 Å². The van der Waals surface area contributed by atoms with Gasteiger partial charge < -0.3 is 14.4 Å². The van der Waals surface area contributed by atoms with Crippen molar-refractivity contribution in [1.29, 1.82) is 0 Å². The van der Waals surface area contributed by atoms with E-state index in [0.717, 1.165) is 5.69 Å². The Morgan fingerprint density at radius 2 is 2.22 bits per heavy atom. The first-order chi connectivity index (χ1) is 8.65. The molecule has 0 aliphatic carbocycles. The fourth-order valence-electron chi connectivity index (χ4n) is 1.59. The predicted octanol–water partition coefficient (Wildman–Crippen LogP) is 2.19. The maximum absolute atomic E-state index is 10.7. The van der Waals surface area contributed by atoms with Crippen LogP contribution in [0.3, 0.4) is 0 Å². The number of hydrogen-bond acceptors (Lipinski definition) is 4. The number of aromatic nitrogens is 1. The van der Waals surface area contributed by atoms with E-state index in [1.165, 1.54) is 0 Å². The van der Waals surface area contributed by atoms with Gasteiger partial charge in [-0.25, -0.2) is 0 Å². The van der Waals surface area contributed by atoms with Crippen molar-refractivity contribution in [2.24, 2.45) is 0 Å². The van der Waals surface area contributed by atoms with Crippen LogP contribution >= 0.6 is 0 Å². The highest BCUT2D eigenvalue weighted by Crippen LogP contribution is 2.20. The zero-order chi connectivity index (χ0) is 13.0. The fourth-order valence-corrected chi connectivity index (χ4v) is 1.59. The average Bonchev–Trinajstić information content (AvgIpc) is 2.73. The second-order valence-corrected chi connectivity index (χ2v) is 3.90. The van der Waals surface area contributed by atoms with Gasteiger partial charge in [-0.15, -0.1) is 0 Å². The molecule has 5 heteroatoms. The number of benzene rings is 1. The Hall–Kier alpha value is -2.30. The van der Waals surface area contributed by atoms with Gasteiger partial charge in [0.15, 0.2) is 5.76 Å². The fraction of sp³-hybridized carbons (Fsp3) is 0.231. The molecule has 1 aromatic carbocycles. The van der Waals surface area contributed by atoms with Crippen LogP contribution in [-0.4, -0.2) is 16.2 Å². The smallest absolute Gasteiger partial charge is 0.307 e. The standard InChI is InChI=1S/C13H13NO4/c1-9-6-11(18-14-9)8-17-12-5-3-2-4-10(12)7-13(15)16/h2-6H,7-8H2,1H3,(H,15,16). The third-order valence-corrected chi connectivity index (χ3v) is 2.36. The average molecular weight is 247 g/mol. The lowest BCUT2D eigenvalue weighted by atomic mass is 10.1. The first kappa shape index (κ1) is 12.2. The van der Waals surface area contributed by atoms with Crippen molar-refractivity contribution >= 4 is 5.97 Å². The van der Waals surface area contributed by atoms with Crippen molar-refractivity contribution in [1.82, 2.24) is 5.16 Å². The predicted molar refractivity (Wildman–Crippen MR) is 63.4 cm³/mol. The molecule has 2 rings (SSSR count). The minimum Gasteiger partial charge on any atom is -0.485 e. The zero-order valence-electron chi connectivity index (χ0n) is 9.92. The van der Waals surface area contributed by atoms with E-state index in [-0.39, 0.29) is 13.0 Å². The molecule has 0 fully saturated rings. The van der Waals surface area contributed by atoms with Gasteiger partial charge in [-0.1, -0.05) is 23.4 Å². The van der Waals surface area contributed by atoms with Crippen LogP contribution in [0.5, 0.6) is 5.75 Å². The summed E-state index contributed by atoms with van der Waals surface area (Å²) in [6, 6.07) is 8.83. The number of nitrogens with zero attached hydrogens (tertiary/aromatic N) is 1. The molecule has 0 amide bonds. The van der Waals surface area contributed by atoms with Crippen LogP contribution in [-0.2, 0) is 17.8 Å². The van der Waals surface area contributed by atoms with Crippen LogP contribution in [0.15, 0.2) is 34.9 Å². The number of aliphatic carboxylic acids is 1. The van der Waals surface area contributed by atoms with Gasteiger partial charge in [0.2, 0.25) is 0 Å². The summed E-state index contributed by atoms with van der Waals surface area (Å²) in [7, 11) is 0. The topological polar surface area (TPSA) is 72.6 Å². The number of ether oxygens (including phenoxy) is 1. The van der Waals surface area contributed by atoms with E-state index in [2.05, 4.69) is 5.16 Å². The lowest BCUT2D eigenvalue weighted by Gasteiger charge is -2.08. The van der Waals surface area contributed by atoms with E-state index in [9.17, 15) is 4.79 Å². The van der Waals surface area contributed by atoms with Gasteiger partial charge in [-0.05, 0) is 13.0 Å². The Morgan fingerprint density at radius 1 is 1.44 bits per heavy atom. The Bertz CT molecular complexity index is 547. The molecule has 0 saturated heterocycles. The normalized spacial score (nSPS) is 10.3. The van der Waals surface area contributed by atoms with E-state index in [4.69, 9.17) is 14.4 Å². The molecular weight excluding hydrogens is 234 g/mol. The lowest BCUT2D eigenvalue weighted by molar-refractivity contribution is -0.136. The number of carboxylic acid groups (broad SMARTS) is 1. The van der Waals surface area contributed by atoms with Gasteiger partial charge in [0.25, 0.3) is 0 Å². The van der Waals surface area contributed by atoms with Crippen LogP contribution in [0, 0.1) is 6.92 Å². The Labute approximate surface area is 104 Å². The highest BCUT2D eigenvalue weighted by Gasteiger charge is 2.08. The number of para-hydroxylation sites is 1. The molecule has 0 aliphatic heterocycles. The van der Waals surface area contributed by atoms with Crippen molar-refractivity contribution < 1.29 is 19.2 Å². The molecule has 5 nitrogen and oxygen atoms in total. The largest absolute Gasteiger partial charge is 0.485 e. The summed E-state index contributed by atoms with van der Waals surface area (Å²) in [5, 5.41) is 12.5. The summed E-state index contributed by atoms with van der Waals surface area (Å²) in [5.41, 5.74) is 1.42. The van der Waals surface area contributed by atoms with E-state index in [1.807, 2.05) is 6.92 Å². The Balaban J connectivity index is 2.06. The first-order valence-electron chi connectivity index (χ1n) is 5.50. The molecule has 0 atom stereocenters. The van der Waals surface area contributed by atoms with Gasteiger partial charge in [-0.2, -0.15) is 0 Å². The van der Waals surface area contributed by atoms with Crippen molar-refractivity contribution in [2.45, 2.75) is 20.0 Å². The minimum atomic E-state index is -0.887. The van der Waals surface area contributed by atoms with Crippen LogP contribution in [0.2, 0.25) is 0 Å². The van der Waals surface area contributed by atoms with E-state index >= 15 is 0 Å². The van der Waals surface area contributed by atoms with E-state index in [1.54, 1.807) is 30.3 Å². The highest BCUT2D eigenvalue weighted by atomic mass is 16.5. The van der Waals surface area contributed by atoms with E-state index in [0.29, 0.717) is 17.1 Å². The van der Waals surface area contributed by atoms with Gasteiger partial charge in [-0.3, -0.25) is 4.79 Å². The third kappa shape index (κ3) is 3.10. The first-order valence-corrected chi connectivity index (χ1v) is 5.50. The number of rotatable bonds is 5. The highest BCUT2D eigenvalue weighted by molar-refractivity contribution is 5.71. The summed E-state index contributed by atoms with van der Waals surface area (Å²) in [6.07, 6.45) is -0.0639. The molecule has 94 valence electrons.